The summed E-state index contributed by atoms with van der Waals surface area (Å²) in [7, 11) is -2.76. The quantitative estimate of drug-likeness (QED) is 0.248. The smallest absolute Gasteiger partial charge is 0.339 e. The van der Waals surface area contributed by atoms with Crippen molar-refractivity contribution in [1.29, 1.82) is 0 Å². The molecule has 0 spiro atoms. The molecule has 0 bridgehead atoms. The Labute approximate surface area is 223 Å². The fourth-order valence-electron chi connectivity index (χ4n) is 3.55. The summed E-state index contributed by atoms with van der Waals surface area (Å²) in [4.78, 5) is 38.9. The number of nitrogens with one attached hydrogen (secondary N) is 1. The molecule has 1 aliphatic rings. The maximum atomic E-state index is 13.2. The molecule has 12 heteroatoms. The predicted octanol–water partition coefficient (Wildman–Crippen LogP) is 4.18. The minimum Gasteiger partial charge on any atom is -0.497 e. The molecular formula is C26H21ClN2O8S. The van der Waals surface area contributed by atoms with Crippen molar-refractivity contribution in [2.45, 2.75) is 11.8 Å². The Morgan fingerprint density at radius 2 is 1.68 bits per heavy atom. The van der Waals surface area contributed by atoms with Crippen LogP contribution in [-0.2, 0) is 19.7 Å². The van der Waals surface area contributed by atoms with E-state index in [0.717, 1.165) is 4.90 Å². The van der Waals surface area contributed by atoms with E-state index in [1.54, 1.807) is 37.3 Å². The van der Waals surface area contributed by atoms with Crippen molar-refractivity contribution in [1.82, 2.24) is 5.32 Å². The SMILES string of the molecule is CCOc1cc(/C=C2\C(=O)NC(=O)N(c3ccc(OC)cc3)C2=O)cc(Cl)c1OS(=O)(=O)c1ccccc1. The van der Waals surface area contributed by atoms with Crippen molar-refractivity contribution in [3.8, 4) is 17.2 Å². The summed E-state index contributed by atoms with van der Waals surface area (Å²) in [5, 5.41) is 1.99. The third kappa shape index (κ3) is 5.48. The first-order valence-electron chi connectivity index (χ1n) is 11.2. The lowest BCUT2D eigenvalue weighted by Crippen LogP contribution is -2.54. The molecule has 0 saturated carbocycles. The van der Waals surface area contributed by atoms with Crippen LogP contribution in [-0.4, -0.2) is 40.0 Å². The summed E-state index contributed by atoms with van der Waals surface area (Å²) in [6.07, 6.45) is 1.21. The molecule has 0 atom stereocenters. The third-order valence-corrected chi connectivity index (χ3v) is 6.82. The van der Waals surface area contributed by atoms with Crippen molar-refractivity contribution < 1.29 is 36.5 Å². The molecule has 1 aliphatic heterocycles. The van der Waals surface area contributed by atoms with Crippen LogP contribution >= 0.6 is 11.6 Å². The van der Waals surface area contributed by atoms with Gasteiger partial charge in [0.2, 0.25) is 5.75 Å². The highest BCUT2D eigenvalue weighted by Gasteiger charge is 2.37. The standard InChI is InChI=1S/C26H21ClN2O8S/c1-3-36-22-15-16(14-21(27)23(22)37-38(33,34)19-7-5-4-6-8-19)13-20-24(30)28-26(32)29(25(20)31)17-9-11-18(35-2)12-10-17/h4-15H,3H2,1-2H3,(H,28,30,32)/b20-13+. The van der Waals surface area contributed by atoms with Crippen LogP contribution in [0.15, 0.2) is 77.2 Å². The average molecular weight is 557 g/mol. The van der Waals surface area contributed by atoms with E-state index in [9.17, 15) is 22.8 Å². The third-order valence-electron chi connectivity index (χ3n) is 5.30. The first-order chi connectivity index (χ1) is 18.1. The number of urea groups is 1. The molecule has 0 radical (unpaired) electrons. The van der Waals surface area contributed by atoms with Crippen molar-refractivity contribution >= 4 is 51.3 Å². The summed E-state index contributed by atoms with van der Waals surface area (Å²) in [6, 6.07) is 15.4. The number of amides is 4. The van der Waals surface area contributed by atoms with Gasteiger partial charge in [-0.1, -0.05) is 29.8 Å². The summed E-state index contributed by atoms with van der Waals surface area (Å²) in [5.74, 6) is -1.55. The van der Waals surface area contributed by atoms with E-state index in [2.05, 4.69) is 5.32 Å². The predicted molar refractivity (Wildman–Crippen MR) is 139 cm³/mol. The van der Waals surface area contributed by atoms with E-state index in [1.807, 2.05) is 0 Å². The fourth-order valence-corrected chi connectivity index (χ4v) is 4.83. The van der Waals surface area contributed by atoms with Crippen molar-refractivity contribution in [2.24, 2.45) is 0 Å². The Kier molecular flexibility index (Phi) is 7.70. The van der Waals surface area contributed by atoms with E-state index in [1.165, 1.54) is 49.6 Å². The normalized spacial score (nSPS) is 14.9. The largest absolute Gasteiger partial charge is 0.497 e. The van der Waals surface area contributed by atoms with E-state index in [4.69, 9.17) is 25.3 Å². The van der Waals surface area contributed by atoms with Crippen molar-refractivity contribution in [2.75, 3.05) is 18.6 Å². The highest BCUT2D eigenvalue weighted by molar-refractivity contribution is 7.87. The van der Waals surface area contributed by atoms with Gasteiger partial charge in [-0.05, 0) is 67.1 Å². The number of hydrogen-bond donors (Lipinski definition) is 1. The Morgan fingerprint density at radius 1 is 1.00 bits per heavy atom. The Hall–Kier alpha value is -4.35. The molecule has 3 aromatic carbocycles. The number of barbiturate groups is 1. The average Bonchev–Trinajstić information content (AvgIpc) is 2.89. The van der Waals surface area contributed by atoms with Gasteiger partial charge in [0.1, 0.15) is 16.2 Å². The van der Waals surface area contributed by atoms with Crippen LogP contribution in [0.5, 0.6) is 17.2 Å². The van der Waals surface area contributed by atoms with Crippen LogP contribution in [0, 0.1) is 0 Å². The minimum absolute atomic E-state index is 0.0295. The zero-order chi connectivity index (χ0) is 27.4. The molecule has 1 saturated heterocycles. The van der Waals surface area contributed by atoms with E-state index < -0.39 is 28.0 Å². The summed E-state index contributed by atoms with van der Waals surface area (Å²) in [5.41, 5.74) is 0.0875. The summed E-state index contributed by atoms with van der Waals surface area (Å²) in [6.45, 7) is 1.81. The zero-order valence-electron chi connectivity index (χ0n) is 20.1. The number of carbonyl (C=O) groups excluding carboxylic acids is 3. The van der Waals surface area contributed by atoms with Gasteiger partial charge in [0.25, 0.3) is 11.8 Å². The molecule has 1 fully saturated rings. The van der Waals surface area contributed by atoms with Crippen molar-refractivity contribution in [3.63, 3.8) is 0 Å². The first-order valence-corrected chi connectivity index (χ1v) is 12.9. The van der Waals surface area contributed by atoms with Crippen LogP contribution in [0.1, 0.15) is 12.5 Å². The van der Waals surface area contributed by atoms with E-state index in [-0.39, 0.29) is 44.8 Å². The van der Waals surface area contributed by atoms with Crippen LogP contribution in [0.25, 0.3) is 6.08 Å². The molecule has 4 rings (SSSR count). The molecule has 0 aromatic heterocycles. The number of imide groups is 2. The molecule has 1 N–H and O–H groups in total. The van der Waals surface area contributed by atoms with Crippen LogP contribution in [0.2, 0.25) is 5.02 Å². The van der Waals surface area contributed by atoms with Gasteiger partial charge in [0.05, 0.1) is 24.4 Å². The molecule has 4 amide bonds. The molecule has 38 heavy (non-hydrogen) atoms. The molecule has 1 heterocycles. The lowest BCUT2D eigenvalue weighted by atomic mass is 10.1. The van der Waals surface area contributed by atoms with Crippen molar-refractivity contribution in [3.05, 3.63) is 82.9 Å². The Bertz CT molecular complexity index is 1540. The Balaban J connectivity index is 1.71. The second kappa shape index (κ2) is 11.0. The number of anilines is 1. The first kappa shape index (κ1) is 26.7. The number of hydrogen-bond acceptors (Lipinski definition) is 8. The molecule has 0 unspecified atom stereocenters. The second-order valence-electron chi connectivity index (χ2n) is 7.77. The molecule has 10 nitrogen and oxygen atoms in total. The van der Waals surface area contributed by atoms with E-state index in [0.29, 0.717) is 5.75 Å². The number of benzene rings is 3. The van der Waals surface area contributed by atoms with Gasteiger partial charge in [0, 0.05) is 0 Å². The van der Waals surface area contributed by atoms with Gasteiger partial charge in [-0.2, -0.15) is 8.42 Å². The summed E-state index contributed by atoms with van der Waals surface area (Å²) < 4.78 is 41.4. The van der Waals surface area contributed by atoms with Gasteiger partial charge in [-0.25, -0.2) is 9.69 Å². The highest BCUT2D eigenvalue weighted by atomic mass is 35.5. The second-order valence-corrected chi connectivity index (χ2v) is 9.72. The topological polar surface area (TPSA) is 128 Å². The number of carbonyl (C=O) groups is 3. The van der Waals surface area contributed by atoms with Crippen LogP contribution in [0.4, 0.5) is 10.5 Å². The Morgan fingerprint density at radius 3 is 2.32 bits per heavy atom. The molecule has 3 aromatic rings. The lowest BCUT2D eigenvalue weighted by Gasteiger charge is -2.26. The van der Waals surface area contributed by atoms with Gasteiger partial charge < -0.3 is 13.7 Å². The summed E-state index contributed by atoms with van der Waals surface area (Å²) >= 11 is 6.37. The number of rotatable bonds is 8. The van der Waals surface area contributed by atoms with E-state index >= 15 is 0 Å². The lowest BCUT2D eigenvalue weighted by molar-refractivity contribution is -0.122. The van der Waals surface area contributed by atoms with Crippen LogP contribution in [0.3, 0.4) is 0 Å². The number of ether oxygens (including phenoxy) is 2. The van der Waals surface area contributed by atoms with Crippen LogP contribution < -0.4 is 23.9 Å². The fraction of sp³-hybridized carbons (Fsp3) is 0.115. The van der Waals surface area contributed by atoms with Gasteiger partial charge in [0.15, 0.2) is 5.75 Å². The molecular weight excluding hydrogens is 536 g/mol. The molecule has 196 valence electrons. The number of halogens is 1. The van der Waals surface area contributed by atoms with Gasteiger partial charge >= 0.3 is 16.1 Å². The zero-order valence-corrected chi connectivity index (χ0v) is 21.7. The minimum atomic E-state index is -4.23. The highest BCUT2D eigenvalue weighted by Crippen LogP contribution is 2.39. The number of nitrogens with zero attached hydrogens (tertiary/aromatic N) is 1. The maximum absolute atomic E-state index is 13.2. The molecule has 0 aliphatic carbocycles. The number of methoxy groups -OCH3 is 1. The van der Waals surface area contributed by atoms with Gasteiger partial charge in [-0.3, -0.25) is 14.9 Å². The monoisotopic (exact) mass is 556 g/mol. The maximum Gasteiger partial charge on any atom is 0.339 e. The van der Waals surface area contributed by atoms with Gasteiger partial charge in [-0.15, -0.1) is 0 Å².